The molecular weight excluding hydrogens is 356 g/mol. The fraction of sp³-hybridized carbons (Fsp3) is 0.273. The molecular formula is C22H24N2O4. The van der Waals surface area contributed by atoms with Gasteiger partial charge in [0, 0.05) is 24.1 Å². The molecule has 0 unspecified atom stereocenters. The summed E-state index contributed by atoms with van der Waals surface area (Å²) < 4.78 is 10.8. The Labute approximate surface area is 164 Å². The molecule has 1 aliphatic rings. The van der Waals surface area contributed by atoms with E-state index in [0.717, 1.165) is 12.0 Å². The van der Waals surface area contributed by atoms with E-state index in [9.17, 15) is 9.59 Å². The van der Waals surface area contributed by atoms with Gasteiger partial charge in [0.2, 0.25) is 5.91 Å². The fourth-order valence-electron chi connectivity index (χ4n) is 3.34. The van der Waals surface area contributed by atoms with Gasteiger partial charge in [-0.15, -0.1) is 0 Å². The zero-order chi connectivity index (χ0) is 20.1. The van der Waals surface area contributed by atoms with Crippen molar-refractivity contribution in [2.24, 2.45) is 0 Å². The summed E-state index contributed by atoms with van der Waals surface area (Å²) in [6, 6.07) is 10.7. The molecule has 1 heterocycles. The second-order valence-corrected chi connectivity index (χ2v) is 6.42. The van der Waals surface area contributed by atoms with Crippen LogP contribution in [-0.2, 0) is 4.79 Å². The lowest BCUT2D eigenvalue weighted by atomic mass is 10.1. The highest BCUT2D eigenvalue weighted by molar-refractivity contribution is 6.08. The van der Waals surface area contributed by atoms with Crippen molar-refractivity contribution >= 4 is 29.3 Å². The molecule has 2 aromatic rings. The maximum Gasteiger partial charge on any atom is 0.255 e. The Balaban J connectivity index is 1.94. The van der Waals surface area contributed by atoms with E-state index in [4.69, 9.17) is 9.47 Å². The number of allylic oxidation sites excluding steroid dienone is 1. The smallest absolute Gasteiger partial charge is 0.255 e. The number of nitrogens with one attached hydrogen (secondary N) is 1. The van der Waals surface area contributed by atoms with E-state index in [1.165, 1.54) is 7.11 Å². The van der Waals surface area contributed by atoms with Crippen molar-refractivity contribution in [2.45, 2.75) is 19.8 Å². The first-order chi connectivity index (χ1) is 13.6. The largest absolute Gasteiger partial charge is 0.493 e. The van der Waals surface area contributed by atoms with Crippen LogP contribution in [-0.4, -0.2) is 32.6 Å². The Morgan fingerprint density at radius 3 is 2.61 bits per heavy atom. The topological polar surface area (TPSA) is 67.9 Å². The lowest BCUT2D eigenvalue weighted by Gasteiger charge is -2.20. The molecule has 1 saturated heterocycles. The Morgan fingerprint density at radius 1 is 1.18 bits per heavy atom. The highest BCUT2D eigenvalue weighted by Gasteiger charge is 2.24. The molecule has 0 aromatic heterocycles. The monoisotopic (exact) mass is 380 g/mol. The van der Waals surface area contributed by atoms with Gasteiger partial charge < -0.3 is 19.7 Å². The Bertz CT molecular complexity index is 921. The van der Waals surface area contributed by atoms with Crippen molar-refractivity contribution in [3.8, 4) is 11.5 Å². The number of benzene rings is 2. The molecule has 6 heteroatoms. The normalized spacial score (nSPS) is 13.8. The van der Waals surface area contributed by atoms with E-state index in [1.54, 1.807) is 30.2 Å². The van der Waals surface area contributed by atoms with Gasteiger partial charge in [-0.05, 0) is 37.6 Å². The third-order valence-electron chi connectivity index (χ3n) is 4.63. The minimum atomic E-state index is -0.286. The molecule has 3 rings (SSSR count). The minimum Gasteiger partial charge on any atom is -0.493 e. The van der Waals surface area contributed by atoms with E-state index in [-0.39, 0.29) is 11.8 Å². The van der Waals surface area contributed by atoms with E-state index < -0.39 is 0 Å². The molecule has 6 nitrogen and oxygen atoms in total. The van der Waals surface area contributed by atoms with Crippen LogP contribution in [0.3, 0.4) is 0 Å². The number of rotatable bonds is 6. The third kappa shape index (κ3) is 3.86. The maximum absolute atomic E-state index is 13.0. The zero-order valence-electron chi connectivity index (χ0n) is 16.3. The summed E-state index contributed by atoms with van der Waals surface area (Å²) in [7, 11) is 3.10. The second-order valence-electron chi connectivity index (χ2n) is 6.42. The van der Waals surface area contributed by atoms with E-state index in [1.807, 2.05) is 37.3 Å². The summed E-state index contributed by atoms with van der Waals surface area (Å²) in [6.45, 7) is 2.55. The quantitative estimate of drug-likeness (QED) is 0.819. The molecule has 0 spiro atoms. The predicted octanol–water partition coefficient (Wildman–Crippen LogP) is 4.12. The van der Waals surface area contributed by atoms with Gasteiger partial charge in [0.15, 0.2) is 11.5 Å². The maximum atomic E-state index is 13.0. The number of hydrogen-bond donors (Lipinski definition) is 1. The van der Waals surface area contributed by atoms with Gasteiger partial charge in [0.25, 0.3) is 5.91 Å². The molecule has 0 aliphatic carbocycles. The van der Waals surface area contributed by atoms with Crippen LogP contribution < -0.4 is 19.7 Å². The first kappa shape index (κ1) is 19.5. The van der Waals surface area contributed by atoms with Gasteiger partial charge >= 0.3 is 0 Å². The first-order valence-corrected chi connectivity index (χ1v) is 9.18. The lowest BCUT2D eigenvalue weighted by Crippen LogP contribution is -2.25. The number of methoxy groups -OCH3 is 2. The van der Waals surface area contributed by atoms with Crippen LogP contribution >= 0.6 is 0 Å². The molecule has 146 valence electrons. The van der Waals surface area contributed by atoms with Gasteiger partial charge in [-0.25, -0.2) is 0 Å². The first-order valence-electron chi connectivity index (χ1n) is 9.18. The van der Waals surface area contributed by atoms with Gasteiger partial charge in [-0.1, -0.05) is 24.3 Å². The number of ether oxygens (including phenoxy) is 2. The molecule has 0 atom stereocenters. The van der Waals surface area contributed by atoms with Crippen LogP contribution in [0.1, 0.15) is 35.7 Å². The number of nitrogens with zero attached hydrogens (tertiary/aromatic N) is 1. The van der Waals surface area contributed by atoms with E-state index in [2.05, 4.69) is 5.32 Å². The Morgan fingerprint density at radius 2 is 1.96 bits per heavy atom. The summed E-state index contributed by atoms with van der Waals surface area (Å²) in [6.07, 6.45) is 5.08. The lowest BCUT2D eigenvalue weighted by molar-refractivity contribution is -0.117. The highest BCUT2D eigenvalue weighted by Crippen LogP contribution is 2.34. The average Bonchev–Trinajstić information content (AvgIpc) is 3.13. The van der Waals surface area contributed by atoms with Gasteiger partial charge in [-0.3, -0.25) is 9.59 Å². The van der Waals surface area contributed by atoms with Gasteiger partial charge in [-0.2, -0.15) is 0 Å². The molecule has 1 N–H and O–H groups in total. The molecule has 2 aromatic carbocycles. The molecule has 2 amide bonds. The molecule has 1 fully saturated rings. The average molecular weight is 380 g/mol. The van der Waals surface area contributed by atoms with Crippen LogP contribution in [0.15, 0.2) is 42.5 Å². The third-order valence-corrected chi connectivity index (χ3v) is 4.63. The summed E-state index contributed by atoms with van der Waals surface area (Å²) in [5, 5.41) is 2.93. The van der Waals surface area contributed by atoms with E-state index in [0.29, 0.717) is 41.4 Å². The number of carbonyl (C=O) groups is 2. The van der Waals surface area contributed by atoms with Crippen LogP contribution in [0.25, 0.3) is 6.08 Å². The van der Waals surface area contributed by atoms with Crippen molar-refractivity contribution in [2.75, 3.05) is 31.0 Å². The van der Waals surface area contributed by atoms with Crippen LogP contribution in [0.5, 0.6) is 11.5 Å². The van der Waals surface area contributed by atoms with Gasteiger partial charge in [0.05, 0.1) is 25.6 Å². The fourth-order valence-corrected chi connectivity index (χ4v) is 3.34. The highest BCUT2D eigenvalue weighted by atomic mass is 16.5. The summed E-state index contributed by atoms with van der Waals surface area (Å²) in [5.74, 6) is 0.834. The number of carbonyl (C=O) groups excluding carboxylic acids is 2. The van der Waals surface area contributed by atoms with Crippen molar-refractivity contribution in [3.05, 3.63) is 53.6 Å². The van der Waals surface area contributed by atoms with Crippen molar-refractivity contribution < 1.29 is 19.1 Å². The predicted molar refractivity (Wildman–Crippen MR) is 110 cm³/mol. The standard InChI is InChI=1S/C22H24N2O4/c1-4-8-15-13-16(14-19(27-2)21(15)28-3)22(26)23-17-9-5-6-10-18(17)24-12-7-11-20(24)25/h4-6,8-10,13-14H,7,11-12H2,1-3H3,(H,23,26)/b8-4+. The minimum absolute atomic E-state index is 0.0724. The summed E-state index contributed by atoms with van der Waals surface area (Å²) in [4.78, 5) is 26.8. The molecule has 1 aliphatic heterocycles. The van der Waals surface area contributed by atoms with Crippen molar-refractivity contribution in [3.63, 3.8) is 0 Å². The number of hydrogen-bond acceptors (Lipinski definition) is 4. The molecule has 0 saturated carbocycles. The van der Waals surface area contributed by atoms with Crippen LogP contribution in [0.2, 0.25) is 0 Å². The second kappa shape index (κ2) is 8.61. The Hall–Kier alpha value is -3.28. The summed E-state index contributed by atoms with van der Waals surface area (Å²) >= 11 is 0. The number of amides is 2. The van der Waals surface area contributed by atoms with Crippen molar-refractivity contribution in [1.29, 1.82) is 0 Å². The molecule has 0 radical (unpaired) electrons. The SMILES string of the molecule is C/C=C/c1cc(C(=O)Nc2ccccc2N2CCCC2=O)cc(OC)c1OC. The Kier molecular flexibility index (Phi) is 5.99. The zero-order valence-corrected chi connectivity index (χ0v) is 16.3. The van der Waals surface area contributed by atoms with Crippen LogP contribution in [0, 0.1) is 0 Å². The van der Waals surface area contributed by atoms with Crippen LogP contribution in [0.4, 0.5) is 11.4 Å². The summed E-state index contributed by atoms with van der Waals surface area (Å²) in [5.41, 5.74) is 2.50. The van der Waals surface area contributed by atoms with Gasteiger partial charge in [0.1, 0.15) is 0 Å². The number of anilines is 2. The van der Waals surface area contributed by atoms with E-state index >= 15 is 0 Å². The molecule has 28 heavy (non-hydrogen) atoms. The molecule has 0 bridgehead atoms. The van der Waals surface area contributed by atoms with Crippen molar-refractivity contribution in [1.82, 2.24) is 0 Å². The number of para-hydroxylation sites is 2.